The number of ether oxygens (including phenoxy) is 1. The Balaban J connectivity index is 2.28. The highest BCUT2D eigenvalue weighted by Gasteiger charge is 2.37. The SMILES string of the molecule is CC(C)(C)OC(=O)N1CCCC(C=O)C1c1ccccc1. The molecule has 2 rings (SSSR count). The number of rotatable bonds is 2. The molecule has 1 amide bonds. The van der Waals surface area contributed by atoms with Gasteiger partial charge >= 0.3 is 6.09 Å². The van der Waals surface area contributed by atoms with Crippen molar-refractivity contribution in [2.75, 3.05) is 6.54 Å². The number of carbonyl (C=O) groups excluding carboxylic acids is 2. The second-order valence-electron chi connectivity index (χ2n) is 6.47. The second-order valence-corrected chi connectivity index (χ2v) is 6.47. The van der Waals surface area contributed by atoms with Gasteiger partial charge in [0.25, 0.3) is 0 Å². The highest BCUT2D eigenvalue weighted by molar-refractivity contribution is 5.70. The molecule has 0 N–H and O–H groups in total. The van der Waals surface area contributed by atoms with E-state index in [0.29, 0.717) is 6.54 Å². The fourth-order valence-electron chi connectivity index (χ4n) is 2.77. The molecule has 2 atom stereocenters. The molecule has 1 fully saturated rings. The van der Waals surface area contributed by atoms with Gasteiger partial charge in [0, 0.05) is 12.5 Å². The topological polar surface area (TPSA) is 46.6 Å². The van der Waals surface area contributed by atoms with Gasteiger partial charge in [-0.05, 0) is 39.2 Å². The van der Waals surface area contributed by atoms with Crippen LogP contribution in [0.1, 0.15) is 45.2 Å². The molecule has 1 aromatic rings. The third-order valence-electron chi connectivity index (χ3n) is 3.62. The number of benzene rings is 1. The van der Waals surface area contributed by atoms with E-state index in [4.69, 9.17) is 4.74 Å². The van der Waals surface area contributed by atoms with Gasteiger partial charge < -0.3 is 14.4 Å². The summed E-state index contributed by atoms with van der Waals surface area (Å²) in [6.07, 6.45) is 2.26. The van der Waals surface area contributed by atoms with Crippen molar-refractivity contribution in [1.29, 1.82) is 0 Å². The lowest BCUT2D eigenvalue weighted by Gasteiger charge is -2.40. The summed E-state index contributed by atoms with van der Waals surface area (Å²) in [6.45, 7) is 6.18. The van der Waals surface area contributed by atoms with Crippen LogP contribution in [0.3, 0.4) is 0 Å². The van der Waals surface area contributed by atoms with E-state index in [-0.39, 0.29) is 18.1 Å². The number of amides is 1. The predicted molar refractivity (Wildman–Crippen MR) is 80.9 cm³/mol. The van der Waals surface area contributed by atoms with Crippen LogP contribution < -0.4 is 0 Å². The van der Waals surface area contributed by atoms with Crippen molar-refractivity contribution >= 4 is 12.4 Å². The third kappa shape index (κ3) is 3.84. The zero-order chi connectivity index (χ0) is 15.5. The lowest BCUT2D eigenvalue weighted by Crippen LogP contribution is -2.45. The fourth-order valence-corrected chi connectivity index (χ4v) is 2.77. The molecule has 4 nitrogen and oxygen atoms in total. The molecule has 114 valence electrons. The standard InChI is InChI=1S/C17H23NO3/c1-17(2,3)21-16(20)18-11-7-10-14(12-19)15(18)13-8-5-4-6-9-13/h4-6,8-9,12,14-15H,7,10-11H2,1-3H3. The van der Waals surface area contributed by atoms with Crippen molar-refractivity contribution in [2.24, 2.45) is 5.92 Å². The molecular weight excluding hydrogens is 266 g/mol. The number of nitrogens with zero attached hydrogens (tertiary/aromatic N) is 1. The van der Waals surface area contributed by atoms with Gasteiger partial charge in [-0.25, -0.2) is 4.79 Å². The number of hydrogen-bond donors (Lipinski definition) is 0. The monoisotopic (exact) mass is 289 g/mol. The molecule has 0 aliphatic carbocycles. The van der Waals surface area contributed by atoms with Gasteiger partial charge in [-0.15, -0.1) is 0 Å². The normalized spacial score (nSPS) is 22.7. The minimum absolute atomic E-state index is 0.173. The first-order valence-corrected chi connectivity index (χ1v) is 7.42. The summed E-state index contributed by atoms with van der Waals surface area (Å²) in [4.78, 5) is 25.6. The van der Waals surface area contributed by atoms with Crippen molar-refractivity contribution < 1.29 is 14.3 Å². The lowest BCUT2D eigenvalue weighted by molar-refractivity contribution is -0.114. The number of likely N-dealkylation sites (tertiary alicyclic amines) is 1. The maximum atomic E-state index is 12.4. The Hall–Kier alpha value is -1.84. The number of hydrogen-bond acceptors (Lipinski definition) is 3. The summed E-state index contributed by atoms with van der Waals surface area (Å²) in [5.74, 6) is -0.173. The van der Waals surface area contributed by atoms with Crippen LogP contribution in [0.25, 0.3) is 0 Å². The summed E-state index contributed by atoms with van der Waals surface area (Å²) < 4.78 is 5.49. The number of piperidine rings is 1. The molecule has 1 saturated heterocycles. The molecule has 1 aromatic carbocycles. The van der Waals surface area contributed by atoms with Crippen molar-refractivity contribution in [3.63, 3.8) is 0 Å². The Morgan fingerprint density at radius 2 is 1.95 bits per heavy atom. The van der Waals surface area contributed by atoms with Gasteiger partial charge in [0.1, 0.15) is 11.9 Å². The maximum absolute atomic E-state index is 12.4. The van der Waals surface area contributed by atoms with E-state index in [1.165, 1.54) is 0 Å². The van der Waals surface area contributed by atoms with E-state index in [9.17, 15) is 9.59 Å². The highest BCUT2D eigenvalue weighted by atomic mass is 16.6. The van der Waals surface area contributed by atoms with Gasteiger partial charge in [0.2, 0.25) is 0 Å². The molecular formula is C17H23NO3. The van der Waals surface area contributed by atoms with Crippen LogP contribution in [0.4, 0.5) is 4.79 Å². The van der Waals surface area contributed by atoms with E-state index < -0.39 is 5.60 Å². The fraction of sp³-hybridized carbons (Fsp3) is 0.529. The minimum Gasteiger partial charge on any atom is -0.444 e. The molecule has 0 radical (unpaired) electrons. The molecule has 21 heavy (non-hydrogen) atoms. The van der Waals surface area contributed by atoms with Crippen molar-refractivity contribution in [1.82, 2.24) is 4.90 Å². The Morgan fingerprint density at radius 3 is 2.52 bits per heavy atom. The van der Waals surface area contributed by atoms with Gasteiger partial charge in [-0.2, -0.15) is 0 Å². The summed E-state index contributed by atoms with van der Waals surface area (Å²) in [7, 11) is 0. The second kappa shape index (κ2) is 6.29. The Bertz CT molecular complexity index is 493. The molecule has 1 heterocycles. The van der Waals surface area contributed by atoms with E-state index in [2.05, 4.69) is 0 Å². The van der Waals surface area contributed by atoms with Crippen molar-refractivity contribution in [2.45, 2.75) is 45.3 Å². The average Bonchev–Trinajstić information content (AvgIpc) is 2.45. The molecule has 2 unspecified atom stereocenters. The lowest BCUT2D eigenvalue weighted by atomic mass is 9.86. The summed E-state index contributed by atoms with van der Waals surface area (Å²) in [6, 6.07) is 9.48. The van der Waals surface area contributed by atoms with Crippen LogP contribution in [0.5, 0.6) is 0 Å². The predicted octanol–water partition coefficient (Wildman–Crippen LogP) is 3.57. The minimum atomic E-state index is -0.535. The van der Waals surface area contributed by atoms with Crippen LogP contribution in [0.2, 0.25) is 0 Å². The van der Waals surface area contributed by atoms with Crippen LogP contribution >= 0.6 is 0 Å². The Kier molecular flexibility index (Phi) is 4.66. The molecule has 0 bridgehead atoms. The van der Waals surface area contributed by atoms with Crippen molar-refractivity contribution in [3.05, 3.63) is 35.9 Å². The van der Waals surface area contributed by atoms with E-state index in [0.717, 1.165) is 24.7 Å². The van der Waals surface area contributed by atoms with Crippen LogP contribution in [-0.2, 0) is 9.53 Å². The quantitative estimate of drug-likeness (QED) is 0.782. The number of aldehydes is 1. The first kappa shape index (κ1) is 15.5. The van der Waals surface area contributed by atoms with Crippen LogP contribution in [0.15, 0.2) is 30.3 Å². The summed E-state index contributed by atoms with van der Waals surface area (Å²) in [5.41, 5.74) is 0.451. The molecule has 0 saturated carbocycles. The van der Waals surface area contributed by atoms with Gasteiger partial charge in [0.15, 0.2) is 0 Å². The molecule has 1 aliphatic heterocycles. The van der Waals surface area contributed by atoms with Gasteiger partial charge in [-0.3, -0.25) is 0 Å². The molecule has 0 spiro atoms. The van der Waals surface area contributed by atoms with Gasteiger partial charge in [-0.1, -0.05) is 30.3 Å². The zero-order valence-corrected chi connectivity index (χ0v) is 12.9. The van der Waals surface area contributed by atoms with E-state index >= 15 is 0 Å². The summed E-state index contributed by atoms with van der Waals surface area (Å²) in [5, 5.41) is 0. The number of carbonyl (C=O) groups is 2. The van der Waals surface area contributed by atoms with E-state index in [1.54, 1.807) is 4.90 Å². The molecule has 4 heteroatoms. The Morgan fingerprint density at radius 1 is 1.29 bits per heavy atom. The molecule has 1 aliphatic rings. The van der Waals surface area contributed by atoms with Crippen molar-refractivity contribution in [3.8, 4) is 0 Å². The van der Waals surface area contributed by atoms with Gasteiger partial charge in [0.05, 0.1) is 6.04 Å². The molecule has 0 aromatic heterocycles. The van der Waals surface area contributed by atoms with Crippen LogP contribution in [-0.4, -0.2) is 29.4 Å². The average molecular weight is 289 g/mol. The summed E-state index contributed by atoms with van der Waals surface area (Å²) >= 11 is 0. The smallest absolute Gasteiger partial charge is 0.410 e. The maximum Gasteiger partial charge on any atom is 0.410 e. The van der Waals surface area contributed by atoms with E-state index in [1.807, 2.05) is 51.1 Å². The first-order valence-electron chi connectivity index (χ1n) is 7.42. The van der Waals surface area contributed by atoms with Crippen LogP contribution in [0, 0.1) is 5.92 Å². The third-order valence-corrected chi connectivity index (χ3v) is 3.62. The zero-order valence-electron chi connectivity index (χ0n) is 12.9. The highest BCUT2D eigenvalue weighted by Crippen LogP contribution is 2.35. The first-order chi connectivity index (χ1) is 9.92. The largest absolute Gasteiger partial charge is 0.444 e. The Labute approximate surface area is 126 Å².